The third-order valence-electron chi connectivity index (χ3n) is 9.49. The zero-order valence-corrected chi connectivity index (χ0v) is 39.7. The fourth-order valence-corrected chi connectivity index (χ4v) is 20.9. The predicted molar refractivity (Wildman–Crippen MR) is 255 cm³/mol. The largest absolute Gasteiger partial charge is 0.437 e. The lowest BCUT2D eigenvalue weighted by Crippen LogP contribution is -2.52. The summed E-state index contributed by atoms with van der Waals surface area (Å²) in [6.45, 7) is 16.0. The molecule has 0 aliphatic heterocycles. The van der Waals surface area contributed by atoms with Gasteiger partial charge in [0.2, 0.25) is 0 Å². The Morgan fingerprint density at radius 1 is 0.508 bits per heavy atom. The van der Waals surface area contributed by atoms with E-state index in [1.807, 2.05) is 126 Å². The molecule has 0 spiro atoms. The Balaban J connectivity index is 1.24. The molecule has 0 aliphatic rings. The van der Waals surface area contributed by atoms with Crippen LogP contribution < -0.4 is 32.1 Å². The van der Waals surface area contributed by atoms with E-state index in [9.17, 15) is 14.4 Å². The van der Waals surface area contributed by atoms with Crippen molar-refractivity contribution in [3.05, 3.63) is 121 Å². The minimum absolute atomic E-state index is 0.164. The lowest BCUT2D eigenvalue weighted by molar-refractivity contribution is 0.0507. The maximum absolute atomic E-state index is 13.4. The minimum atomic E-state index is -2.55. The van der Waals surface area contributed by atoms with Crippen LogP contribution in [-0.2, 0) is 13.1 Å². The van der Waals surface area contributed by atoms with Gasteiger partial charge >= 0.3 is 26.7 Å². The van der Waals surface area contributed by atoms with Gasteiger partial charge in [0, 0.05) is 62.0 Å². The summed E-state index contributed by atoms with van der Waals surface area (Å²) in [5.74, 6) is 0. The van der Waals surface area contributed by atoms with Crippen molar-refractivity contribution in [3.63, 3.8) is 0 Å². The van der Waals surface area contributed by atoms with Crippen LogP contribution in [0, 0.1) is 0 Å². The molecule has 0 bridgehead atoms. The standard InChI is InChI=1S/C44H66N8O6Si3/c1-59(2,35-19-31-51(43(54)49-40-25-15-9-16-26-40)33-29-45-42(53)48-39-23-13-8-14-24-39)57-61(5,6)58-60(3,4)36-20-32-52(44(55)50-41-27-17-10-18-28-41)34-30-47-56-37-46-38-21-11-7-12-22-38/h7-18,21-28,46-47H,19-20,29-37H2,1-6H3,(H,49,54)(H,50,55)(H2,45,48,53). The molecular formula is C44H66N8O6Si3. The first-order valence-corrected chi connectivity index (χ1v) is 30.1. The Kier molecular flexibility index (Phi) is 20.0. The first-order valence-electron chi connectivity index (χ1n) is 21.0. The number of carbonyl (C=O) groups excluding carboxylic acids is 3. The number of benzene rings is 4. The number of urea groups is 3. The zero-order valence-electron chi connectivity index (χ0n) is 36.7. The maximum Gasteiger partial charge on any atom is 0.321 e. The van der Waals surface area contributed by atoms with Gasteiger partial charge in [0.05, 0.1) is 0 Å². The highest BCUT2D eigenvalue weighted by atomic mass is 28.5. The summed E-state index contributed by atoms with van der Waals surface area (Å²) in [5, 5.41) is 14.9. The Morgan fingerprint density at radius 2 is 0.902 bits per heavy atom. The van der Waals surface area contributed by atoms with Crippen LogP contribution in [0.1, 0.15) is 12.8 Å². The van der Waals surface area contributed by atoms with Crippen LogP contribution in [0.4, 0.5) is 37.1 Å². The van der Waals surface area contributed by atoms with Gasteiger partial charge in [-0.3, -0.25) is 4.84 Å². The molecule has 4 aromatic carbocycles. The summed E-state index contributed by atoms with van der Waals surface area (Å²) in [6, 6.07) is 38.9. The first kappa shape index (κ1) is 48.6. The molecule has 0 radical (unpaired) electrons. The molecule has 6 amide bonds. The van der Waals surface area contributed by atoms with Gasteiger partial charge in [-0.2, -0.15) is 5.48 Å². The summed E-state index contributed by atoms with van der Waals surface area (Å²) in [5.41, 5.74) is 6.08. The maximum atomic E-state index is 13.4. The van der Waals surface area contributed by atoms with Crippen molar-refractivity contribution < 1.29 is 27.5 Å². The second kappa shape index (κ2) is 25.0. The molecule has 0 aliphatic carbocycles. The van der Waals surface area contributed by atoms with Crippen molar-refractivity contribution in [2.45, 2.75) is 64.2 Å². The average molecular weight is 887 g/mol. The molecule has 0 saturated heterocycles. The Labute approximate surface area is 365 Å². The molecule has 0 heterocycles. The van der Waals surface area contributed by atoms with E-state index in [1.165, 1.54) is 0 Å². The van der Waals surface area contributed by atoms with Gasteiger partial charge in [-0.25, -0.2) is 14.4 Å². The number of nitrogens with zero attached hydrogens (tertiary/aromatic N) is 2. The lowest BCUT2D eigenvalue weighted by Gasteiger charge is -2.39. The summed E-state index contributed by atoms with van der Waals surface area (Å²) < 4.78 is 13.8. The normalized spacial score (nSPS) is 11.6. The second-order valence-electron chi connectivity index (χ2n) is 16.4. The van der Waals surface area contributed by atoms with Crippen LogP contribution >= 0.6 is 0 Å². The molecule has 0 atom stereocenters. The Hall–Kier alpha value is -5.02. The Bertz CT molecular complexity index is 1880. The van der Waals surface area contributed by atoms with Crippen molar-refractivity contribution in [3.8, 4) is 0 Å². The van der Waals surface area contributed by atoms with E-state index in [2.05, 4.69) is 71.3 Å². The van der Waals surface area contributed by atoms with E-state index < -0.39 is 25.2 Å². The number of rotatable bonds is 25. The summed E-state index contributed by atoms with van der Waals surface area (Å²) in [6.07, 6.45) is 1.53. The highest BCUT2D eigenvalue weighted by Crippen LogP contribution is 2.26. The highest BCUT2D eigenvalue weighted by Gasteiger charge is 2.39. The molecule has 61 heavy (non-hydrogen) atoms. The number of para-hydroxylation sites is 4. The minimum Gasteiger partial charge on any atom is -0.437 e. The lowest BCUT2D eigenvalue weighted by atomic mass is 10.3. The topological polar surface area (TPSA) is 158 Å². The van der Waals surface area contributed by atoms with Gasteiger partial charge in [0.1, 0.15) is 6.73 Å². The van der Waals surface area contributed by atoms with Gasteiger partial charge in [-0.1, -0.05) is 72.8 Å². The van der Waals surface area contributed by atoms with Gasteiger partial charge in [-0.15, -0.1) is 0 Å². The molecule has 330 valence electrons. The molecule has 0 fully saturated rings. The van der Waals surface area contributed by atoms with E-state index in [0.29, 0.717) is 50.6 Å². The number of anilines is 4. The zero-order chi connectivity index (χ0) is 44.0. The number of nitrogens with one attached hydrogen (secondary N) is 6. The molecule has 6 N–H and O–H groups in total. The number of carbonyl (C=O) groups is 3. The summed E-state index contributed by atoms with van der Waals surface area (Å²) in [4.78, 5) is 48.5. The fourth-order valence-electron chi connectivity index (χ4n) is 6.90. The van der Waals surface area contributed by atoms with E-state index in [-0.39, 0.29) is 24.8 Å². The van der Waals surface area contributed by atoms with Crippen LogP contribution in [0.15, 0.2) is 121 Å². The smallest absolute Gasteiger partial charge is 0.321 e. The summed E-state index contributed by atoms with van der Waals surface area (Å²) in [7, 11) is -6.96. The van der Waals surface area contributed by atoms with Crippen LogP contribution in [0.25, 0.3) is 0 Å². The van der Waals surface area contributed by atoms with Crippen LogP contribution in [0.2, 0.25) is 51.4 Å². The second-order valence-corrected chi connectivity index (χ2v) is 28.8. The van der Waals surface area contributed by atoms with Crippen molar-refractivity contribution in [2.75, 3.05) is 67.3 Å². The van der Waals surface area contributed by atoms with Gasteiger partial charge < -0.3 is 44.6 Å². The van der Waals surface area contributed by atoms with Gasteiger partial charge in [0.15, 0.2) is 16.6 Å². The van der Waals surface area contributed by atoms with E-state index in [4.69, 9.17) is 13.1 Å². The summed E-state index contributed by atoms with van der Waals surface area (Å²) >= 11 is 0. The first-order chi connectivity index (χ1) is 29.2. The number of hydroxylamine groups is 1. The Morgan fingerprint density at radius 3 is 1.34 bits per heavy atom. The van der Waals surface area contributed by atoms with Gasteiger partial charge in [-0.05, 0) is 113 Å². The van der Waals surface area contributed by atoms with E-state index >= 15 is 0 Å². The fraction of sp³-hybridized carbons (Fsp3) is 0.386. The van der Waals surface area contributed by atoms with Gasteiger partial charge in [0.25, 0.3) is 0 Å². The van der Waals surface area contributed by atoms with Crippen molar-refractivity contribution in [1.82, 2.24) is 20.6 Å². The number of hydrogen-bond acceptors (Lipinski definition) is 8. The van der Waals surface area contributed by atoms with Crippen molar-refractivity contribution in [1.29, 1.82) is 0 Å². The van der Waals surface area contributed by atoms with Crippen molar-refractivity contribution in [2.24, 2.45) is 0 Å². The molecule has 0 unspecified atom stereocenters. The third kappa shape index (κ3) is 19.9. The number of amides is 6. The van der Waals surface area contributed by atoms with Crippen LogP contribution in [-0.4, -0.2) is 99.1 Å². The van der Waals surface area contributed by atoms with Crippen LogP contribution in [0.3, 0.4) is 0 Å². The van der Waals surface area contributed by atoms with Crippen LogP contribution in [0.5, 0.6) is 0 Å². The predicted octanol–water partition coefficient (Wildman–Crippen LogP) is 9.39. The quantitative estimate of drug-likeness (QED) is 0.0166. The molecule has 0 aromatic heterocycles. The molecule has 14 nitrogen and oxygen atoms in total. The van der Waals surface area contributed by atoms with E-state index in [0.717, 1.165) is 36.3 Å². The third-order valence-corrected chi connectivity index (χ3v) is 21.0. The highest BCUT2D eigenvalue weighted by molar-refractivity contribution is 6.87. The molecule has 4 aromatic rings. The monoisotopic (exact) mass is 886 g/mol. The van der Waals surface area contributed by atoms with Crippen molar-refractivity contribution >= 4 is 66.0 Å². The SMILES string of the molecule is C[Si](C)(CCCN(CCNOCNc1ccccc1)C(=O)Nc1ccccc1)O[Si](C)(C)O[Si](C)(C)CCCN(CCNC(=O)Nc1ccccc1)C(=O)Nc1ccccc1. The van der Waals surface area contributed by atoms with E-state index in [1.54, 1.807) is 4.90 Å². The molecule has 17 heteroatoms. The number of hydrogen-bond donors (Lipinski definition) is 6. The average Bonchev–Trinajstić information content (AvgIpc) is 3.21. The molecular weight excluding hydrogens is 821 g/mol. The molecule has 0 saturated carbocycles. The molecule has 4 rings (SSSR count).